The molecule has 0 saturated carbocycles. The summed E-state index contributed by atoms with van der Waals surface area (Å²) in [5.41, 5.74) is 14.2. The van der Waals surface area contributed by atoms with Crippen LogP contribution >= 0.6 is 0 Å². The second-order valence-electron chi connectivity index (χ2n) is 2.76. The fraction of sp³-hybridized carbons (Fsp3) is 0.222. The van der Waals surface area contributed by atoms with E-state index in [-0.39, 0.29) is 0 Å². The van der Waals surface area contributed by atoms with E-state index in [1.807, 2.05) is 19.1 Å². The highest BCUT2D eigenvalue weighted by Crippen LogP contribution is 2.22. The molecule has 0 fully saturated rings. The Kier molecular flexibility index (Phi) is 2.20. The lowest BCUT2D eigenvalue weighted by Gasteiger charge is -2.06. The van der Waals surface area contributed by atoms with Crippen LogP contribution in [0.4, 0.5) is 11.4 Å². The Morgan fingerprint density at radius 1 is 1.42 bits per heavy atom. The van der Waals surface area contributed by atoms with Crippen LogP contribution in [0.1, 0.15) is 11.1 Å². The van der Waals surface area contributed by atoms with E-state index in [0.717, 1.165) is 11.1 Å². The third-order valence-electron chi connectivity index (χ3n) is 1.71. The molecule has 0 atom stereocenters. The van der Waals surface area contributed by atoms with Crippen molar-refractivity contribution in [3.63, 3.8) is 0 Å². The van der Waals surface area contributed by atoms with Gasteiger partial charge in [0.2, 0.25) is 0 Å². The molecule has 0 unspecified atom stereocenters. The molecule has 0 aromatic heterocycles. The van der Waals surface area contributed by atoms with Crippen LogP contribution in [0.3, 0.4) is 0 Å². The molecule has 3 nitrogen and oxygen atoms in total. The van der Waals surface area contributed by atoms with Gasteiger partial charge in [-0.1, -0.05) is 6.07 Å². The Morgan fingerprint density at radius 3 is 2.67 bits per heavy atom. The van der Waals surface area contributed by atoms with Crippen molar-refractivity contribution in [2.75, 3.05) is 11.5 Å². The molecule has 1 aromatic carbocycles. The molecule has 1 rings (SSSR count). The van der Waals surface area contributed by atoms with E-state index in [9.17, 15) is 0 Å². The molecule has 62 valence electrons. The van der Waals surface area contributed by atoms with Crippen molar-refractivity contribution in [3.8, 4) is 6.07 Å². The molecule has 0 aliphatic carbocycles. The third-order valence-corrected chi connectivity index (χ3v) is 1.71. The maximum absolute atomic E-state index is 8.48. The summed E-state index contributed by atoms with van der Waals surface area (Å²) in [6, 6.07) is 5.73. The molecule has 12 heavy (non-hydrogen) atoms. The molecule has 0 bridgehead atoms. The Morgan fingerprint density at radius 2 is 2.08 bits per heavy atom. The second kappa shape index (κ2) is 3.14. The van der Waals surface area contributed by atoms with Crippen LogP contribution in [0.25, 0.3) is 0 Å². The first-order valence-electron chi connectivity index (χ1n) is 3.66. The van der Waals surface area contributed by atoms with Crippen molar-refractivity contribution in [1.29, 1.82) is 5.26 Å². The van der Waals surface area contributed by atoms with Gasteiger partial charge in [0.15, 0.2) is 0 Å². The van der Waals surface area contributed by atoms with Crippen LogP contribution < -0.4 is 11.5 Å². The van der Waals surface area contributed by atoms with Crippen LogP contribution in [-0.4, -0.2) is 0 Å². The van der Waals surface area contributed by atoms with E-state index in [2.05, 4.69) is 0 Å². The lowest BCUT2D eigenvalue weighted by Crippen LogP contribution is -2.00. The van der Waals surface area contributed by atoms with E-state index in [1.165, 1.54) is 0 Å². The van der Waals surface area contributed by atoms with Crippen molar-refractivity contribution < 1.29 is 0 Å². The maximum Gasteiger partial charge on any atom is 0.0670 e. The van der Waals surface area contributed by atoms with Crippen molar-refractivity contribution in [2.45, 2.75) is 13.3 Å². The zero-order valence-corrected chi connectivity index (χ0v) is 6.96. The lowest BCUT2D eigenvalue weighted by molar-refractivity contribution is 1.25. The van der Waals surface area contributed by atoms with Gasteiger partial charge in [0.05, 0.1) is 23.9 Å². The summed E-state index contributed by atoms with van der Waals surface area (Å²) < 4.78 is 0. The highest BCUT2D eigenvalue weighted by Gasteiger charge is 2.02. The fourth-order valence-corrected chi connectivity index (χ4v) is 1.13. The van der Waals surface area contributed by atoms with Crippen LogP contribution in [0.5, 0.6) is 0 Å². The van der Waals surface area contributed by atoms with Gasteiger partial charge in [-0.3, -0.25) is 0 Å². The molecule has 0 saturated heterocycles. The van der Waals surface area contributed by atoms with Crippen LogP contribution in [0, 0.1) is 18.3 Å². The summed E-state index contributed by atoms with van der Waals surface area (Å²) in [6.45, 7) is 1.93. The van der Waals surface area contributed by atoms with Crippen molar-refractivity contribution in [1.82, 2.24) is 0 Å². The highest BCUT2D eigenvalue weighted by atomic mass is 14.7. The molecule has 0 aliphatic rings. The van der Waals surface area contributed by atoms with Crippen molar-refractivity contribution >= 4 is 11.4 Å². The Labute approximate surface area is 71.6 Å². The number of rotatable bonds is 1. The lowest BCUT2D eigenvalue weighted by atomic mass is 10.1. The molecule has 3 heteroatoms. The van der Waals surface area contributed by atoms with Gasteiger partial charge in [-0.25, -0.2) is 0 Å². The molecule has 0 heterocycles. The van der Waals surface area contributed by atoms with E-state index in [4.69, 9.17) is 16.7 Å². The predicted octanol–water partition coefficient (Wildman–Crippen LogP) is 1.23. The number of nitrogen functional groups attached to an aromatic ring is 2. The number of nitrogens with zero attached hydrogens (tertiary/aromatic N) is 1. The minimum Gasteiger partial charge on any atom is -0.397 e. The molecular weight excluding hydrogens is 150 g/mol. The summed E-state index contributed by atoms with van der Waals surface area (Å²) in [6.07, 6.45) is 0.317. The summed E-state index contributed by atoms with van der Waals surface area (Å²) >= 11 is 0. The number of nitriles is 1. The first-order chi connectivity index (χ1) is 5.65. The smallest absolute Gasteiger partial charge is 0.0670 e. The van der Waals surface area contributed by atoms with Crippen LogP contribution in [0.2, 0.25) is 0 Å². The molecule has 0 spiro atoms. The number of anilines is 2. The Hall–Kier alpha value is -1.69. The summed E-state index contributed by atoms with van der Waals surface area (Å²) in [4.78, 5) is 0. The molecule has 4 N–H and O–H groups in total. The van der Waals surface area contributed by atoms with Crippen LogP contribution in [0.15, 0.2) is 12.1 Å². The Balaban J connectivity index is 3.20. The number of benzene rings is 1. The van der Waals surface area contributed by atoms with Gasteiger partial charge in [0, 0.05) is 0 Å². The quantitative estimate of drug-likeness (QED) is 0.608. The largest absolute Gasteiger partial charge is 0.397 e. The molecule has 1 aromatic rings. The first kappa shape index (κ1) is 8.41. The topological polar surface area (TPSA) is 75.8 Å². The van der Waals surface area contributed by atoms with E-state index in [1.54, 1.807) is 6.07 Å². The fourth-order valence-electron chi connectivity index (χ4n) is 1.13. The maximum atomic E-state index is 8.48. The molecule has 0 amide bonds. The van der Waals surface area contributed by atoms with Gasteiger partial charge < -0.3 is 11.5 Å². The molecule has 0 aliphatic heterocycles. The predicted molar refractivity (Wildman–Crippen MR) is 49.3 cm³/mol. The standard InChI is InChI=1S/C9H11N3/c1-6-4-7(2-3-10)9(12)8(11)5-6/h4-5H,2,11-12H2,1H3. The Bertz CT molecular complexity index is 336. The van der Waals surface area contributed by atoms with Gasteiger partial charge in [0.1, 0.15) is 0 Å². The summed E-state index contributed by atoms with van der Waals surface area (Å²) in [7, 11) is 0. The number of aryl methyl sites for hydroxylation is 1. The van der Waals surface area contributed by atoms with Gasteiger partial charge in [0.25, 0.3) is 0 Å². The normalized spacial score (nSPS) is 9.33. The van der Waals surface area contributed by atoms with Crippen molar-refractivity contribution in [3.05, 3.63) is 23.3 Å². The van der Waals surface area contributed by atoms with Gasteiger partial charge in [-0.15, -0.1) is 0 Å². The SMILES string of the molecule is Cc1cc(N)c(N)c(CC#N)c1. The second-order valence-corrected chi connectivity index (χ2v) is 2.76. The monoisotopic (exact) mass is 161 g/mol. The average molecular weight is 161 g/mol. The summed E-state index contributed by atoms with van der Waals surface area (Å²) in [5, 5.41) is 8.48. The molecule has 0 radical (unpaired) electrons. The van der Waals surface area contributed by atoms with Crippen molar-refractivity contribution in [2.24, 2.45) is 0 Å². The zero-order valence-electron chi connectivity index (χ0n) is 6.96. The van der Waals surface area contributed by atoms with Gasteiger partial charge in [-0.05, 0) is 24.1 Å². The minimum atomic E-state index is 0.317. The van der Waals surface area contributed by atoms with E-state index >= 15 is 0 Å². The third kappa shape index (κ3) is 1.48. The average Bonchev–Trinajstić information content (AvgIpc) is 2.00. The zero-order chi connectivity index (χ0) is 9.14. The number of nitrogens with two attached hydrogens (primary N) is 2. The molecular formula is C9H11N3. The van der Waals surface area contributed by atoms with E-state index < -0.39 is 0 Å². The number of hydrogen-bond acceptors (Lipinski definition) is 3. The van der Waals surface area contributed by atoms with Crippen LogP contribution in [-0.2, 0) is 6.42 Å². The van der Waals surface area contributed by atoms with E-state index in [0.29, 0.717) is 17.8 Å². The van der Waals surface area contributed by atoms with Gasteiger partial charge >= 0.3 is 0 Å². The van der Waals surface area contributed by atoms with Gasteiger partial charge in [-0.2, -0.15) is 5.26 Å². The minimum absolute atomic E-state index is 0.317. The summed E-state index contributed by atoms with van der Waals surface area (Å²) in [5.74, 6) is 0. The first-order valence-corrected chi connectivity index (χ1v) is 3.66. The highest BCUT2D eigenvalue weighted by molar-refractivity contribution is 5.68. The number of hydrogen-bond donors (Lipinski definition) is 2.